The van der Waals surface area contributed by atoms with E-state index >= 15 is 0 Å². The van der Waals surface area contributed by atoms with Gasteiger partial charge in [0, 0.05) is 4.47 Å². The number of hydrogen-bond donors (Lipinski definition) is 2. The Kier molecular flexibility index (Phi) is 3.71. The molecule has 1 aliphatic rings. The zero-order chi connectivity index (χ0) is 15.1. The van der Waals surface area contributed by atoms with Crippen LogP contribution in [0.5, 0.6) is 0 Å². The smallest absolute Gasteiger partial charge is 0.304 e. The highest BCUT2D eigenvalue weighted by Gasteiger charge is 2.31. The van der Waals surface area contributed by atoms with E-state index in [1.54, 1.807) is 18.2 Å². The maximum Gasteiger partial charge on any atom is 0.347 e. The van der Waals surface area contributed by atoms with E-state index < -0.39 is 6.03 Å². The van der Waals surface area contributed by atoms with Gasteiger partial charge in [-0.1, -0.05) is 45.2 Å². The first-order valence-electron chi connectivity index (χ1n) is 5.82. The molecule has 2 aromatic carbocycles. The molecule has 3 rings (SSSR count). The highest BCUT2D eigenvalue weighted by atomic mass is 79.9. The molecule has 0 aliphatic carbocycles. The monoisotopic (exact) mass is 387 g/mol. The van der Waals surface area contributed by atoms with Crippen molar-refractivity contribution in [3.8, 4) is 0 Å². The lowest BCUT2D eigenvalue weighted by Crippen LogP contribution is -2.51. The Morgan fingerprint density at radius 3 is 2.57 bits per heavy atom. The van der Waals surface area contributed by atoms with E-state index in [-0.39, 0.29) is 5.02 Å². The third-order valence-corrected chi connectivity index (χ3v) is 4.15. The van der Waals surface area contributed by atoms with Gasteiger partial charge in [-0.2, -0.15) is 10.2 Å². The second-order valence-corrected chi connectivity index (χ2v) is 6.02. The number of amides is 2. The van der Waals surface area contributed by atoms with Crippen molar-refractivity contribution in [2.24, 2.45) is 0 Å². The van der Waals surface area contributed by atoms with Crippen molar-refractivity contribution >= 4 is 62.2 Å². The number of hydrogen-bond acceptors (Lipinski definition) is 3. The maximum atomic E-state index is 12.2. The Bertz CT molecular complexity index is 741. The fraction of sp³-hybridized carbons (Fsp3) is 0. The zero-order valence-electron chi connectivity index (χ0n) is 10.3. The van der Waals surface area contributed by atoms with Crippen LogP contribution in [0, 0.1) is 0 Å². The van der Waals surface area contributed by atoms with Gasteiger partial charge >= 0.3 is 6.03 Å². The summed E-state index contributed by atoms with van der Waals surface area (Å²) < 4.78 is 0.779. The minimum absolute atomic E-state index is 0.278. The van der Waals surface area contributed by atoms with E-state index in [0.717, 1.165) is 14.7 Å². The van der Waals surface area contributed by atoms with Crippen LogP contribution in [0.15, 0.2) is 40.9 Å². The van der Waals surface area contributed by atoms with Crippen LogP contribution in [-0.4, -0.2) is 11.2 Å². The number of anilines is 3. The van der Waals surface area contributed by atoms with Gasteiger partial charge in [0.2, 0.25) is 0 Å². The van der Waals surface area contributed by atoms with Gasteiger partial charge in [-0.25, -0.2) is 4.79 Å². The van der Waals surface area contributed by atoms with Gasteiger partial charge in [0.05, 0.1) is 21.4 Å². The molecular weight excluding hydrogens is 381 g/mol. The van der Waals surface area contributed by atoms with Crippen LogP contribution in [0.25, 0.3) is 0 Å². The summed E-state index contributed by atoms with van der Waals surface area (Å²) in [5.74, 6) is 0. The van der Waals surface area contributed by atoms with Crippen molar-refractivity contribution in [1.82, 2.24) is 0 Å². The van der Waals surface area contributed by atoms with Crippen molar-refractivity contribution in [3.05, 3.63) is 50.9 Å². The molecule has 2 amide bonds. The average molecular weight is 389 g/mol. The lowest BCUT2D eigenvalue weighted by molar-refractivity contribution is 0.221. The van der Waals surface area contributed by atoms with Crippen molar-refractivity contribution < 1.29 is 10.0 Å². The van der Waals surface area contributed by atoms with Gasteiger partial charge < -0.3 is 5.32 Å². The van der Waals surface area contributed by atoms with Crippen LogP contribution < -0.4 is 15.5 Å². The summed E-state index contributed by atoms with van der Waals surface area (Å²) in [6.45, 7) is 0. The number of halogens is 3. The molecule has 0 spiro atoms. The number of carbonyl (C=O) groups excluding carboxylic acids is 1. The summed E-state index contributed by atoms with van der Waals surface area (Å²) in [4.78, 5) is 12.2. The van der Waals surface area contributed by atoms with Crippen molar-refractivity contribution in [2.75, 3.05) is 15.5 Å². The second kappa shape index (κ2) is 5.38. The van der Waals surface area contributed by atoms with Gasteiger partial charge in [0.25, 0.3) is 0 Å². The summed E-state index contributed by atoms with van der Waals surface area (Å²) in [6, 6.07) is 9.41. The quantitative estimate of drug-likeness (QED) is 0.728. The molecule has 2 aromatic rings. The van der Waals surface area contributed by atoms with Crippen LogP contribution in [0.3, 0.4) is 0 Å². The summed E-state index contributed by atoms with van der Waals surface area (Å²) in [5.41, 5.74) is 1.19. The van der Waals surface area contributed by atoms with Crippen LogP contribution in [0.2, 0.25) is 10.0 Å². The van der Waals surface area contributed by atoms with E-state index in [0.29, 0.717) is 22.1 Å². The predicted molar refractivity (Wildman–Crippen MR) is 86.4 cm³/mol. The molecule has 0 atom stereocenters. The van der Waals surface area contributed by atoms with Crippen LogP contribution >= 0.6 is 39.1 Å². The summed E-state index contributed by atoms with van der Waals surface area (Å²) >= 11 is 15.2. The highest BCUT2D eigenvalue weighted by Crippen LogP contribution is 2.39. The number of nitrogens with zero attached hydrogens (tertiary/aromatic N) is 2. The Morgan fingerprint density at radius 2 is 1.86 bits per heavy atom. The molecule has 0 radical (unpaired) electrons. The topological polar surface area (TPSA) is 55.8 Å². The fourth-order valence-electron chi connectivity index (χ4n) is 2.00. The summed E-state index contributed by atoms with van der Waals surface area (Å²) in [7, 11) is 0. The molecular formula is C13H8BrCl2N3O2. The van der Waals surface area contributed by atoms with Crippen molar-refractivity contribution in [1.29, 1.82) is 0 Å². The number of hydrazine groups is 1. The largest absolute Gasteiger partial charge is 0.347 e. The number of fused-ring (bicyclic) bond motifs is 1. The molecule has 1 heterocycles. The summed E-state index contributed by atoms with van der Waals surface area (Å²) in [6.07, 6.45) is 0. The molecule has 0 unspecified atom stereocenters. The maximum absolute atomic E-state index is 12.2. The molecule has 2 N–H and O–H groups in total. The molecule has 0 aromatic heterocycles. The lowest BCUT2D eigenvalue weighted by atomic mass is 10.2. The van der Waals surface area contributed by atoms with E-state index in [9.17, 15) is 10.0 Å². The highest BCUT2D eigenvalue weighted by molar-refractivity contribution is 9.10. The Labute approximate surface area is 138 Å². The van der Waals surface area contributed by atoms with Crippen LogP contribution in [-0.2, 0) is 0 Å². The van der Waals surface area contributed by atoms with Crippen molar-refractivity contribution in [2.45, 2.75) is 0 Å². The molecule has 21 heavy (non-hydrogen) atoms. The number of carbonyl (C=O) groups is 1. The fourth-order valence-corrected chi connectivity index (χ4v) is 2.71. The van der Waals surface area contributed by atoms with Gasteiger partial charge in [0.15, 0.2) is 0 Å². The van der Waals surface area contributed by atoms with E-state index in [4.69, 9.17) is 23.2 Å². The number of nitrogens with one attached hydrogen (secondary N) is 1. The lowest BCUT2D eigenvalue weighted by Gasteiger charge is -2.36. The molecule has 0 fully saturated rings. The standard InChI is InChI=1S/C13H8BrCl2N3O2/c14-7-2-1-3-8(4-7)18-13(20)17-11-5-9(15)10(16)6-12(11)19(18)21/h1-6,21H,(H,17,20). The molecule has 8 heteroatoms. The third-order valence-electron chi connectivity index (χ3n) is 2.93. The molecule has 108 valence electrons. The first-order valence-corrected chi connectivity index (χ1v) is 7.37. The van der Waals surface area contributed by atoms with Gasteiger partial charge in [-0.3, -0.25) is 5.21 Å². The number of benzene rings is 2. The molecule has 0 saturated carbocycles. The molecule has 1 aliphatic heterocycles. The predicted octanol–water partition coefficient (Wildman–Crippen LogP) is 4.92. The van der Waals surface area contributed by atoms with Gasteiger partial charge in [-0.15, -0.1) is 0 Å². The first kappa shape index (κ1) is 14.5. The number of rotatable bonds is 1. The van der Waals surface area contributed by atoms with E-state index in [2.05, 4.69) is 21.2 Å². The average Bonchev–Trinajstić information content (AvgIpc) is 2.41. The van der Waals surface area contributed by atoms with Crippen LogP contribution in [0.4, 0.5) is 21.9 Å². The third kappa shape index (κ3) is 2.55. The minimum Gasteiger partial charge on any atom is -0.304 e. The van der Waals surface area contributed by atoms with Gasteiger partial charge in [-0.05, 0) is 30.3 Å². The normalized spacial score (nSPS) is 14.0. The van der Waals surface area contributed by atoms with E-state index in [1.807, 2.05) is 6.07 Å². The minimum atomic E-state index is -0.513. The zero-order valence-corrected chi connectivity index (χ0v) is 13.4. The Hall–Kier alpha value is -1.47. The number of urea groups is 1. The van der Waals surface area contributed by atoms with E-state index in [1.165, 1.54) is 12.1 Å². The van der Waals surface area contributed by atoms with Crippen molar-refractivity contribution in [3.63, 3.8) is 0 Å². The second-order valence-electron chi connectivity index (χ2n) is 4.29. The molecule has 0 bridgehead atoms. The SMILES string of the molecule is O=C1Nc2cc(Cl)c(Cl)cc2N(O)N1c1cccc(Br)c1. The summed E-state index contributed by atoms with van der Waals surface area (Å²) in [5, 5.41) is 15.4. The van der Waals surface area contributed by atoms with Gasteiger partial charge in [0.1, 0.15) is 5.69 Å². The van der Waals surface area contributed by atoms with Crippen LogP contribution in [0.1, 0.15) is 0 Å². The first-order chi connectivity index (χ1) is 9.97. The Morgan fingerprint density at radius 1 is 1.14 bits per heavy atom. The molecule has 0 saturated heterocycles. The Balaban J connectivity index is 2.09. The molecule has 5 nitrogen and oxygen atoms in total.